The Labute approximate surface area is 74.7 Å². The van der Waals surface area contributed by atoms with E-state index in [1.54, 1.807) is 19.0 Å². The van der Waals surface area contributed by atoms with Gasteiger partial charge in [0.05, 0.1) is 0 Å². The van der Waals surface area contributed by atoms with Crippen LogP contribution in [0, 0.1) is 0 Å². The largest absolute Gasteiger partial charge is 0.381 e. The molecule has 3 heteroatoms. The number of hydrogen-bond donors (Lipinski definition) is 0. The monoisotopic (exact) mass is 173 g/mol. The molecule has 12 heavy (non-hydrogen) atoms. The van der Waals surface area contributed by atoms with Gasteiger partial charge in [0.15, 0.2) is 0 Å². The Kier molecular flexibility index (Phi) is 6.76. The molecule has 0 aromatic rings. The summed E-state index contributed by atoms with van der Waals surface area (Å²) in [5.41, 5.74) is 0. The minimum Gasteiger partial charge on any atom is -0.381 e. The summed E-state index contributed by atoms with van der Waals surface area (Å²) in [6.45, 7) is 3.58. The molecule has 0 aliphatic carbocycles. The van der Waals surface area contributed by atoms with Crippen LogP contribution in [0.1, 0.15) is 26.2 Å². The summed E-state index contributed by atoms with van der Waals surface area (Å²) in [4.78, 5) is 12.7. The van der Waals surface area contributed by atoms with Gasteiger partial charge < -0.3 is 9.64 Å². The maximum Gasteiger partial charge on any atom is 0.222 e. The summed E-state index contributed by atoms with van der Waals surface area (Å²) < 4.78 is 5.24. The van der Waals surface area contributed by atoms with E-state index in [1.807, 2.05) is 0 Å². The molecule has 3 nitrogen and oxygen atoms in total. The number of rotatable bonds is 6. The van der Waals surface area contributed by atoms with Crippen LogP contribution >= 0.6 is 0 Å². The van der Waals surface area contributed by atoms with E-state index < -0.39 is 0 Å². The van der Waals surface area contributed by atoms with Gasteiger partial charge in [0, 0.05) is 33.7 Å². The number of hydrogen-bond acceptors (Lipinski definition) is 2. The molecule has 0 atom stereocenters. The van der Waals surface area contributed by atoms with Crippen molar-refractivity contribution in [3.8, 4) is 0 Å². The maximum absolute atomic E-state index is 11.0. The lowest BCUT2D eigenvalue weighted by Crippen LogP contribution is -2.21. The highest BCUT2D eigenvalue weighted by Crippen LogP contribution is 1.94. The van der Waals surface area contributed by atoms with E-state index in [-0.39, 0.29) is 5.91 Å². The van der Waals surface area contributed by atoms with Gasteiger partial charge in [-0.25, -0.2) is 0 Å². The first-order valence-electron chi connectivity index (χ1n) is 4.46. The lowest BCUT2D eigenvalue weighted by molar-refractivity contribution is -0.129. The van der Waals surface area contributed by atoms with Crippen LogP contribution in [0.3, 0.4) is 0 Å². The second-order valence-electron chi connectivity index (χ2n) is 3.00. The predicted molar refractivity (Wildman–Crippen MR) is 49.0 cm³/mol. The molecule has 0 radical (unpaired) electrons. The molecule has 0 spiro atoms. The molecule has 0 unspecified atom stereocenters. The molecule has 0 aromatic heterocycles. The summed E-state index contributed by atoms with van der Waals surface area (Å²) in [5, 5.41) is 0. The minimum atomic E-state index is 0.176. The van der Waals surface area contributed by atoms with E-state index in [1.165, 1.54) is 0 Å². The third-order valence-corrected chi connectivity index (χ3v) is 1.53. The molecule has 0 aliphatic heterocycles. The van der Waals surface area contributed by atoms with Gasteiger partial charge in [0.25, 0.3) is 0 Å². The van der Waals surface area contributed by atoms with Crippen molar-refractivity contribution in [2.24, 2.45) is 0 Å². The second kappa shape index (κ2) is 7.10. The van der Waals surface area contributed by atoms with Crippen LogP contribution in [0.5, 0.6) is 0 Å². The second-order valence-corrected chi connectivity index (χ2v) is 3.00. The molecule has 0 bridgehead atoms. The number of amides is 1. The zero-order valence-electron chi connectivity index (χ0n) is 8.30. The molecule has 0 fully saturated rings. The Bertz CT molecular complexity index is 124. The van der Waals surface area contributed by atoms with Gasteiger partial charge in [-0.05, 0) is 12.8 Å². The quantitative estimate of drug-likeness (QED) is 0.566. The summed E-state index contributed by atoms with van der Waals surface area (Å²) in [6.07, 6.45) is 2.47. The number of nitrogens with zero attached hydrogens (tertiary/aromatic N) is 1. The van der Waals surface area contributed by atoms with Crippen LogP contribution in [-0.2, 0) is 9.53 Å². The highest BCUT2D eigenvalue weighted by atomic mass is 16.5. The fraction of sp³-hybridized carbons (Fsp3) is 0.889. The first kappa shape index (κ1) is 11.4. The summed E-state index contributed by atoms with van der Waals surface area (Å²) in [5.74, 6) is 0.176. The van der Waals surface area contributed by atoms with Crippen molar-refractivity contribution < 1.29 is 9.53 Å². The third kappa shape index (κ3) is 6.16. The molecule has 1 amide bonds. The fourth-order valence-corrected chi connectivity index (χ4v) is 0.795. The Morgan fingerprint density at radius 2 is 2.00 bits per heavy atom. The maximum atomic E-state index is 11.0. The van der Waals surface area contributed by atoms with E-state index in [9.17, 15) is 4.79 Å². The molecule has 0 rings (SSSR count). The molecular formula is C9H19NO2. The predicted octanol–water partition coefficient (Wildman–Crippen LogP) is 1.28. The molecule has 0 heterocycles. The zero-order valence-corrected chi connectivity index (χ0v) is 8.30. The summed E-state index contributed by atoms with van der Waals surface area (Å²) >= 11 is 0. The fourth-order valence-electron chi connectivity index (χ4n) is 0.795. The highest BCUT2D eigenvalue weighted by Gasteiger charge is 2.01. The third-order valence-electron chi connectivity index (χ3n) is 1.53. The van der Waals surface area contributed by atoms with Gasteiger partial charge in [-0.1, -0.05) is 6.92 Å². The molecule has 0 aromatic carbocycles. The zero-order chi connectivity index (χ0) is 9.40. The standard InChI is InChI=1S/C9H19NO2/c1-4-7-12-8-5-6-9(11)10(2)3/h4-8H2,1-3H3. The number of ether oxygens (including phenoxy) is 1. The van der Waals surface area contributed by atoms with E-state index in [4.69, 9.17) is 4.74 Å². The van der Waals surface area contributed by atoms with Gasteiger partial charge in [0.1, 0.15) is 0 Å². The average molecular weight is 173 g/mol. The molecular weight excluding hydrogens is 154 g/mol. The van der Waals surface area contributed by atoms with Crippen molar-refractivity contribution in [1.82, 2.24) is 4.90 Å². The van der Waals surface area contributed by atoms with Crippen LogP contribution in [0.2, 0.25) is 0 Å². The van der Waals surface area contributed by atoms with Crippen molar-refractivity contribution in [1.29, 1.82) is 0 Å². The van der Waals surface area contributed by atoms with Crippen molar-refractivity contribution in [3.63, 3.8) is 0 Å². The van der Waals surface area contributed by atoms with E-state index >= 15 is 0 Å². The van der Waals surface area contributed by atoms with Crippen LogP contribution in [-0.4, -0.2) is 38.1 Å². The summed E-state index contributed by atoms with van der Waals surface area (Å²) in [6, 6.07) is 0. The topological polar surface area (TPSA) is 29.5 Å². The lowest BCUT2D eigenvalue weighted by Gasteiger charge is -2.09. The molecule has 0 saturated heterocycles. The SMILES string of the molecule is CCCOCCCC(=O)N(C)C. The summed E-state index contributed by atoms with van der Waals surface area (Å²) in [7, 11) is 3.55. The van der Waals surface area contributed by atoms with Gasteiger partial charge >= 0.3 is 0 Å². The lowest BCUT2D eigenvalue weighted by atomic mass is 10.3. The molecule has 0 aliphatic rings. The van der Waals surface area contributed by atoms with Crippen LogP contribution in [0.15, 0.2) is 0 Å². The van der Waals surface area contributed by atoms with Gasteiger partial charge in [-0.2, -0.15) is 0 Å². The number of carbonyl (C=O) groups excluding carboxylic acids is 1. The van der Waals surface area contributed by atoms with Crippen molar-refractivity contribution in [2.75, 3.05) is 27.3 Å². The molecule has 72 valence electrons. The van der Waals surface area contributed by atoms with Crippen molar-refractivity contribution in [3.05, 3.63) is 0 Å². The Balaban J connectivity index is 3.14. The smallest absolute Gasteiger partial charge is 0.222 e. The average Bonchev–Trinajstić information content (AvgIpc) is 2.03. The van der Waals surface area contributed by atoms with Gasteiger partial charge in [0.2, 0.25) is 5.91 Å². The molecule has 0 N–H and O–H groups in total. The van der Waals surface area contributed by atoms with Crippen LogP contribution in [0.4, 0.5) is 0 Å². The van der Waals surface area contributed by atoms with Crippen LogP contribution in [0.25, 0.3) is 0 Å². The minimum absolute atomic E-state index is 0.176. The van der Waals surface area contributed by atoms with Gasteiger partial charge in [-0.15, -0.1) is 0 Å². The van der Waals surface area contributed by atoms with Crippen molar-refractivity contribution >= 4 is 5.91 Å². The molecule has 0 saturated carbocycles. The number of carbonyl (C=O) groups is 1. The van der Waals surface area contributed by atoms with Crippen LogP contribution < -0.4 is 0 Å². The Morgan fingerprint density at radius 1 is 1.33 bits per heavy atom. The normalized spacial score (nSPS) is 9.92. The Hall–Kier alpha value is -0.570. The van der Waals surface area contributed by atoms with Gasteiger partial charge in [-0.3, -0.25) is 4.79 Å². The van der Waals surface area contributed by atoms with E-state index in [0.29, 0.717) is 13.0 Å². The first-order chi connectivity index (χ1) is 5.68. The van der Waals surface area contributed by atoms with E-state index in [0.717, 1.165) is 19.4 Å². The first-order valence-corrected chi connectivity index (χ1v) is 4.46. The van der Waals surface area contributed by atoms with E-state index in [2.05, 4.69) is 6.92 Å². The Morgan fingerprint density at radius 3 is 2.50 bits per heavy atom. The highest BCUT2D eigenvalue weighted by molar-refractivity contribution is 5.75. The van der Waals surface area contributed by atoms with Crippen molar-refractivity contribution in [2.45, 2.75) is 26.2 Å².